The number of aliphatic hydroxyl groups excluding tert-OH is 1. The van der Waals surface area contributed by atoms with Crippen LogP contribution < -0.4 is 15.0 Å². The second-order valence-corrected chi connectivity index (χ2v) is 6.90. The molecule has 2 N–H and O–H groups in total. The number of hydrogen-bond donors (Lipinski definition) is 2. The fourth-order valence-corrected chi connectivity index (χ4v) is 3.11. The highest BCUT2D eigenvalue weighted by Crippen LogP contribution is 2.31. The van der Waals surface area contributed by atoms with Crippen molar-refractivity contribution in [3.05, 3.63) is 95.6 Å². The molecule has 4 nitrogen and oxygen atoms in total. The molecule has 31 heavy (non-hydrogen) atoms. The van der Waals surface area contributed by atoms with Crippen LogP contribution in [0.1, 0.15) is 16.7 Å². The molecule has 0 radical (unpaired) electrons. The van der Waals surface area contributed by atoms with E-state index < -0.39 is 23.3 Å². The largest absolute Gasteiger partial charge is 0.867 e. The summed E-state index contributed by atoms with van der Waals surface area (Å²) in [6, 6.07) is 12.4. The number of anilines is 1. The van der Waals surface area contributed by atoms with Crippen molar-refractivity contribution in [2.45, 2.75) is 12.8 Å². The molecule has 3 aromatic rings. The summed E-state index contributed by atoms with van der Waals surface area (Å²) < 4.78 is 53.7. The van der Waals surface area contributed by atoms with Crippen LogP contribution in [0.4, 0.5) is 23.2 Å². The minimum absolute atomic E-state index is 0.0446. The molecule has 160 valence electrons. The van der Waals surface area contributed by atoms with Crippen LogP contribution in [-0.2, 0) is 12.8 Å². The summed E-state index contributed by atoms with van der Waals surface area (Å²) in [6.07, 6.45) is -1.56. The van der Waals surface area contributed by atoms with Gasteiger partial charge in [0.05, 0.1) is 12.2 Å². The summed E-state index contributed by atoms with van der Waals surface area (Å²) in [6.45, 7) is -0.299. The van der Waals surface area contributed by atoms with E-state index in [-0.39, 0.29) is 28.5 Å². The molecule has 0 aliphatic carbocycles. The molecule has 1 aromatic heterocycles. The van der Waals surface area contributed by atoms with Gasteiger partial charge in [0.2, 0.25) is 5.70 Å². The van der Waals surface area contributed by atoms with Crippen molar-refractivity contribution in [3.63, 3.8) is 0 Å². The summed E-state index contributed by atoms with van der Waals surface area (Å²) in [5.41, 5.74) is -0.292. The lowest BCUT2D eigenvalue weighted by atomic mass is 10.1. The van der Waals surface area contributed by atoms with E-state index in [9.17, 15) is 27.8 Å². The van der Waals surface area contributed by atoms with Crippen LogP contribution in [-0.4, -0.2) is 10.1 Å². The van der Waals surface area contributed by atoms with E-state index in [4.69, 9.17) is 12.2 Å². The molecule has 0 atom stereocenters. The number of halogens is 4. The lowest BCUT2D eigenvalue weighted by Gasteiger charge is -2.17. The Bertz CT molecular complexity index is 1130. The number of pyridine rings is 1. The van der Waals surface area contributed by atoms with Gasteiger partial charge in [-0.3, -0.25) is 0 Å². The number of benzene rings is 2. The molecule has 0 spiro atoms. The zero-order valence-corrected chi connectivity index (χ0v) is 16.7. The summed E-state index contributed by atoms with van der Waals surface area (Å²) >= 11 is 5.35. The Balaban J connectivity index is 2.07. The second-order valence-electron chi connectivity index (χ2n) is 6.49. The third-order valence-corrected chi connectivity index (χ3v) is 4.58. The van der Waals surface area contributed by atoms with Gasteiger partial charge in [-0.25, -0.2) is 4.39 Å². The zero-order valence-electron chi connectivity index (χ0n) is 15.9. The Labute approximate surface area is 180 Å². The zero-order chi connectivity index (χ0) is 22.6. The molecule has 0 saturated carbocycles. The van der Waals surface area contributed by atoms with E-state index in [1.54, 1.807) is 12.1 Å². The average molecular weight is 448 g/mol. The highest BCUT2D eigenvalue weighted by atomic mass is 32.1. The molecular formula is C22H16F4N2O2S. The molecule has 3 rings (SSSR count). The normalized spacial score (nSPS) is 12.3. The van der Waals surface area contributed by atoms with Crippen molar-refractivity contribution >= 4 is 34.3 Å². The van der Waals surface area contributed by atoms with E-state index in [2.05, 4.69) is 5.32 Å². The predicted octanol–water partition coefficient (Wildman–Crippen LogP) is 3.75. The van der Waals surface area contributed by atoms with Crippen LogP contribution in [0.15, 0.2) is 73.1 Å². The van der Waals surface area contributed by atoms with Gasteiger partial charge in [0.25, 0.3) is 0 Å². The molecule has 0 aliphatic heterocycles. The van der Waals surface area contributed by atoms with Gasteiger partial charge in [0, 0.05) is 17.3 Å². The highest BCUT2D eigenvalue weighted by molar-refractivity contribution is 7.81. The summed E-state index contributed by atoms with van der Waals surface area (Å²) in [5.74, 6) is -1.11. The SMILES string of the molecule is [O-]/C(=C(\C(=S)Nc1cccc(C(F)(F)F)c1)[n+]1cccc(CO)c1)c1ccc(F)cc1. The van der Waals surface area contributed by atoms with E-state index in [1.807, 2.05) is 0 Å². The summed E-state index contributed by atoms with van der Waals surface area (Å²) in [7, 11) is 0. The standard InChI is InChI=1S/C22H16F4N2O2S/c23-17-8-6-15(7-9-17)20(30)19(28-10-2-3-14(12-28)13-29)21(31)27-18-5-1-4-16(11-18)22(24,25)26/h1-12,29H,13H2,(H-,27,30,31). The molecule has 0 amide bonds. The molecule has 2 aromatic carbocycles. The third kappa shape index (κ3) is 5.44. The maximum absolute atomic E-state index is 13.3. The van der Waals surface area contributed by atoms with E-state index in [0.717, 1.165) is 24.3 Å². The van der Waals surface area contributed by atoms with Gasteiger partial charge >= 0.3 is 6.18 Å². The minimum atomic E-state index is -4.54. The number of hydrogen-bond acceptors (Lipinski definition) is 3. The fourth-order valence-electron chi connectivity index (χ4n) is 2.80. The highest BCUT2D eigenvalue weighted by Gasteiger charge is 2.30. The summed E-state index contributed by atoms with van der Waals surface area (Å²) in [4.78, 5) is -0.145. The maximum Gasteiger partial charge on any atom is 0.416 e. The number of thiocarbonyl (C=S) groups is 1. The van der Waals surface area contributed by atoms with Crippen LogP contribution in [0.3, 0.4) is 0 Å². The first-order valence-corrected chi connectivity index (χ1v) is 9.37. The Kier molecular flexibility index (Phi) is 6.67. The number of nitrogens with zero attached hydrogens (tertiary/aromatic N) is 1. The van der Waals surface area contributed by atoms with Crippen LogP contribution in [0, 0.1) is 5.82 Å². The Morgan fingerprint density at radius 3 is 2.42 bits per heavy atom. The third-order valence-electron chi connectivity index (χ3n) is 4.29. The van der Waals surface area contributed by atoms with Gasteiger partial charge in [-0.1, -0.05) is 30.4 Å². The average Bonchev–Trinajstić information content (AvgIpc) is 2.74. The van der Waals surface area contributed by atoms with Gasteiger partial charge in [0.15, 0.2) is 17.4 Å². The van der Waals surface area contributed by atoms with Gasteiger partial charge in [0.1, 0.15) is 5.82 Å². The van der Waals surface area contributed by atoms with Gasteiger partial charge in [-0.15, -0.1) is 0 Å². The first-order chi connectivity index (χ1) is 14.7. The number of rotatable bonds is 5. The lowest BCUT2D eigenvalue weighted by Crippen LogP contribution is -2.40. The van der Waals surface area contributed by atoms with Crippen LogP contribution in [0.5, 0.6) is 0 Å². The number of aliphatic hydroxyl groups is 1. The molecular weight excluding hydrogens is 432 g/mol. The minimum Gasteiger partial charge on any atom is -0.867 e. The molecule has 0 saturated heterocycles. The molecule has 1 heterocycles. The van der Waals surface area contributed by atoms with Crippen molar-refractivity contribution in [1.29, 1.82) is 0 Å². The van der Waals surface area contributed by atoms with E-state index in [0.29, 0.717) is 5.56 Å². The van der Waals surface area contributed by atoms with Crippen LogP contribution in [0.25, 0.3) is 11.5 Å². The van der Waals surface area contributed by atoms with Crippen molar-refractivity contribution < 1.29 is 32.3 Å². The van der Waals surface area contributed by atoms with Crippen molar-refractivity contribution in [1.82, 2.24) is 0 Å². The van der Waals surface area contributed by atoms with Crippen molar-refractivity contribution in [2.24, 2.45) is 0 Å². The Morgan fingerprint density at radius 2 is 1.77 bits per heavy atom. The molecule has 0 unspecified atom stereocenters. The van der Waals surface area contributed by atoms with Crippen molar-refractivity contribution in [3.8, 4) is 0 Å². The second kappa shape index (κ2) is 9.23. The monoisotopic (exact) mass is 448 g/mol. The lowest BCUT2D eigenvalue weighted by molar-refractivity contribution is -0.578. The van der Waals surface area contributed by atoms with E-state index in [1.165, 1.54) is 41.2 Å². The Morgan fingerprint density at radius 1 is 1.06 bits per heavy atom. The van der Waals surface area contributed by atoms with Crippen LogP contribution in [0.2, 0.25) is 0 Å². The maximum atomic E-state index is 13.3. The molecule has 9 heteroatoms. The van der Waals surface area contributed by atoms with Gasteiger partial charge in [-0.2, -0.15) is 17.7 Å². The quantitative estimate of drug-likeness (QED) is 0.205. The first kappa shape index (κ1) is 22.4. The Hall–Kier alpha value is -3.30. The number of aromatic nitrogens is 1. The first-order valence-electron chi connectivity index (χ1n) is 8.96. The van der Waals surface area contributed by atoms with Crippen molar-refractivity contribution in [2.75, 3.05) is 5.32 Å². The predicted molar refractivity (Wildman–Crippen MR) is 110 cm³/mol. The fraction of sp³-hybridized carbons (Fsp3) is 0.0909. The molecule has 0 aliphatic rings. The summed E-state index contributed by atoms with van der Waals surface area (Å²) in [5, 5.41) is 25.2. The molecule has 0 bridgehead atoms. The van der Waals surface area contributed by atoms with Gasteiger partial charge in [-0.05, 0) is 47.7 Å². The van der Waals surface area contributed by atoms with Crippen LogP contribution >= 0.6 is 12.2 Å². The van der Waals surface area contributed by atoms with Gasteiger partial charge < -0.3 is 15.5 Å². The smallest absolute Gasteiger partial charge is 0.416 e. The topological polar surface area (TPSA) is 59.2 Å². The molecule has 0 fully saturated rings. The van der Waals surface area contributed by atoms with E-state index >= 15 is 0 Å². The number of alkyl halides is 3. The number of nitrogens with one attached hydrogen (secondary N) is 1.